The van der Waals surface area contributed by atoms with Gasteiger partial charge in [-0.1, -0.05) is 35.5 Å². The fraction of sp³-hybridized carbons (Fsp3) is 0.267. The molecule has 0 aliphatic rings. The number of carbonyl (C=O) groups is 1. The lowest BCUT2D eigenvalue weighted by Gasteiger charge is -2.16. The van der Waals surface area contributed by atoms with E-state index in [1.54, 1.807) is 38.3 Å². The van der Waals surface area contributed by atoms with E-state index in [4.69, 9.17) is 17.3 Å². The third-order valence-electron chi connectivity index (χ3n) is 3.34. The predicted octanol–water partition coefficient (Wildman–Crippen LogP) is 2.88. The Bertz CT molecular complexity index is 917. The van der Waals surface area contributed by atoms with Crippen molar-refractivity contribution < 1.29 is 13.2 Å². The van der Waals surface area contributed by atoms with Crippen molar-refractivity contribution in [2.24, 2.45) is 5.73 Å². The highest BCUT2D eigenvalue weighted by Crippen LogP contribution is 2.31. The summed E-state index contributed by atoms with van der Waals surface area (Å²) in [6.45, 7) is 3.18. The lowest BCUT2D eigenvalue weighted by atomic mass is 10.2. The zero-order chi connectivity index (χ0) is 18.8. The van der Waals surface area contributed by atoms with Crippen LogP contribution >= 0.6 is 23.4 Å². The van der Waals surface area contributed by atoms with Gasteiger partial charge < -0.3 is 11.1 Å². The van der Waals surface area contributed by atoms with Gasteiger partial charge in [0, 0.05) is 0 Å². The Morgan fingerprint density at radius 3 is 2.48 bits per heavy atom. The van der Waals surface area contributed by atoms with Crippen LogP contribution in [-0.4, -0.2) is 35.8 Å². The van der Waals surface area contributed by atoms with Gasteiger partial charge in [-0.25, -0.2) is 18.4 Å². The summed E-state index contributed by atoms with van der Waals surface area (Å²) in [7, 11) is -3.55. The summed E-state index contributed by atoms with van der Waals surface area (Å²) in [4.78, 5) is 20.0. The molecule has 0 saturated carbocycles. The quantitative estimate of drug-likeness (QED) is 0.435. The molecular weight excluding hydrogens is 384 g/mol. The van der Waals surface area contributed by atoms with Gasteiger partial charge >= 0.3 is 0 Å². The summed E-state index contributed by atoms with van der Waals surface area (Å²) in [5.74, 6) is -0.757. The molecule has 134 valence electrons. The van der Waals surface area contributed by atoms with Crippen molar-refractivity contribution in [3.8, 4) is 0 Å². The molecule has 0 unspecified atom stereocenters. The molecule has 2 rings (SSSR count). The predicted molar refractivity (Wildman–Crippen MR) is 99.4 cm³/mol. The topological polar surface area (TPSA) is 115 Å². The maximum Gasteiger partial charge on any atom is 0.255 e. The van der Waals surface area contributed by atoms with Gasteiger partial charge in [0.05, 0.1) is 15.8 Å². The van der Waals surface area contributed by atoms with Crippen LogP contribution in [0.25, 0.3) is 0 Å². The number of hydrogen-bond acceptors (Lipinski definition) is 7. The largest absolute Gasteiger partial charge is 0.365 e. The minimum absolute atomic E-state index is 0.0586. The van der Waals surface area contributed by atoms with Crippen molar-refractivity contribution in [3.05, 3.63) is 35.0 Å². The third kappa shape index (κ3) is 4.05. The summed E-state index contributed by atoms with van der Waals surface area (Å²) in [5, 5.41) is 2.48. The van der Waals surface area contributed by atoms with Gasteiger partial charge in [0.2, 0.25) is 0 Å². The molecule has 0 aliphatic carbocycles. The molecule has 0 radical (unpaired) electrons. The maximum absolute atomic E-state index is 12.6. The average molecular weight is 401 g/mol. The van der Waals surface area contributed by atoms with Gasteiger partial charge in [0.25, 0.3) is 5.91 Å². The number of halogens is 1. The molecule has 0 fully saturated rings. The first-order chi connectivity index (χ1) is 11.7. The van der Waals surface area contributed by atoms with Gasteiger partial charge in [-0.15, -0.1) is 0 Å². The molecule has 1 amide bonds. The number of aromatic nitrogens is 2. The van der Waals surface area contributed by atoms with E-state index in [1.807, 2.05) is 0 Å². The average Bonchev–Trinajstić information content (AvgIpc) is 2.54. The van der Waals surface area contributed by atoms with E-state index in [0.717, 1.165) is 0 Å². The number of benzene rings is 1. The molecule has 10 heteroatoms. The number of anilines is 2. The highest BCUT2D eigenvalue weighted by molar-refractivity contribution is 7.98. The minimum Gasteiger partial charge on any atom is -0.365 e. The van der Waals surface area contributed by atoms with E-state index in [9.17, 15) is 13.2 Å². The van der Waals surface area contributed by atoms with Crippen LogP contribution in [0.1, 0.15) is 24.2 Å². The van der Waals surface area contributed by atoms with E-state index >= 15 is 0 Å². The Hall–Kier alpha value is -1.84. The molecule has 0 spiro atoms. The van der Waals surface area contributed by atoms with Gasteiger partial charge in [-0.2, -0.15) is 0 Å². The number of nitrogens with zero attached hydrogens (tertiary/aromatic N) is 2. The lowest BCUT2D eigenvalue weighted by molar-refractivity contribution is 0.100. The fourth-order valence-corrected chi connectivity index (χ4v) is 3.89. The Morgan fingerprint density at radius 1 is 1.28 bits per heavy atom. The Labute approximate surface area is 155 Å². The number of amides is 1. The molecule has 1 aromatic heterocycles. The van der Waals surface area contributed by atoms with E-state index in [1.165, 1.54) is 17.8 Å². The van der Waals surface area contributed by atoms with Crippen molar-refractivity contribution in [2.45, 2.75) is 29.1 Å². The van der Waals surface area contributed by atoms with E-state index in [-0.39, 0.29) is 27.1 Å². The van der Waals surface area contributed by atoms with Crippen LogP contribution in [0.5, 0.6) is 0 Å². The molecule has 1 aromatic carbocycles. The van der Waals surface area contributed by atoms with Crippen LogP contribution in [0.15, 0.2) is 34.3 Å². The number of nitrogens with one attached hydrogen (secondary N) is 1. The van der Waals surface area contributed by atoms with Crippen molar-refractivity contribution in [2.75, 3.05) is 11.6 Å². The van der Waals surface area contributed by atoms with Crippen LogP contribution < -0.4 is 11.1 Å². The molecule has 3 N–H and O–H groups in total. The monoisotopic (exact) mass is 400 g/mol. The van der Waals surface area contributed by atoms with Crippen LogP contribution in [0.3, 0.4) is 0 Å². The van der Waals surface area contributed by atoms with E-state index in [0.29, 0.717) is 5.16 Å². The zero-order valence-electron chi connectivity index (χ0n) is 13.8. The number of primary amides is 1. The SMILES string of the molecule is CSc1nc(Cl)c(C(N)=O)c(Nc2ccccc2S(=O)(=O)C(C)C)n1. The molecule has 0 saturated heterocycles. The first kappa shape index (κ1) is 19.5. The standard InChI is InChI=1S/C15H17ClN4O3S2/c1-8(2)25(22,23)10-7-5-4-6-9(10)18-14-11(13(17)21)12(16)19-15(20-14)24-3/h4-8H,1-3H3,(H2,17,21)(H,18,19,20). The van der Waals surface area contributed by atoms with Crippen LogP contribution in [-0.2, 0) is 9.84 Å². The zero-order valence-corrected chi connectivity index (χ0v) is 16.2. The van der Waals surface area contributed by atoms with Crippen molar-refractivity contribution in [3.63, 3.8) is 0 Å². The molecule has 25 heavy (non-hydrogen) atoms. The molecule has 2 aromatic rings. The number of rotatable bonds is 6. The van der Waals surface area contributed by atoms with Gasteiger partial charge in [-0.3, -0.25) is 4.79 Å². The minimum atomic E-state index is -3.55. The summed E-state index contributed by atoms with van der Waals surface area (Å²) in [6, 6.07) is 6.36. The second-order valence-electron chi connectivity index (χ2n) is 5.30. The van der Waals surface area contributed by atoms with Gasteiger partial charge in [-0.05, 0) is 32.2 Å². The highest BCUT2D eigenvalue weighted by Gasteiger charge is 2.24. The van der Waals surface area contributed by atoms with Crippen LogP contribution in [0.2, 0.25) is 5.15 Å². The lowest BCUT2D eigenvalue weighted by Crippen LogP contribution is -2.18. The molecule has 0 aliphatic heterocycles. The fourth-order valence-electron chi connectivity index (χ4n) is 2.01. The number of nitrogens with two attached hydrogens (primary N) is 1. The maximum atomic E-state index is 12.6. The van der Waals surface area contributed by atoms with Gasteiger partial charge in [0.15, 0.2) is 15.0 Å². The number of hydrogen-bond donors (Lipinski definition) is 2. The molecule has 0 atom stereocenters. The van der Waals surface area contributed by atoms with Gasteiger partial charge in [0.1, 0.15) is 16.5 Å². The molecule has 0 bridgehead atoms. The number of sulfone groups is 1. The second-order valence-corrected chi connectivity index (χ2v) is 8.91. The smallest absolute Gasteiger partial charge is 0.255 e. The van der Waals surface area contributed by atoms with Crippen molar-refractivity contribution in [1.29, 1.82) is 0 Å². The first-order valence-corrected chi connectivity index (χ1v) is 10.3. The third-order valence-corrected chi connectivity index (χ3v) is 6.37. The summed E-state index contributed by atoms with van der Waals surface area (Å²) >= 11 is 7.26. The summed E-state index contributed by atoms with van der Waals surface area (Å²) < 4.78 is 25.1. The Kier molecular flexibility index (Phi) is 5.91. The Balaban J connectivity index is 2.62. The highest BCUT2D eigenvalue weighted by atomic mass is 35.5. The van der Waals surface area contributed by atoms with Crippen molar-refractivity contribution >= 4 is 50.6 Å². The molecule has 1 heterocycles. The summed E-state index contributed by atoms with van der Waals surface area (Å²) in [6.07, 6.45) is 1.75. The Morgan fingerprint density at radius 2 is 1.92 bits per heavy atom. The second kappa shape index (κ2) is 7.59. The number of carbonyl (C=O) groups excluding carboxylic acids is 1. The first-order valence-electron chi connectivity index (χ1n) is 7.19. The van der Waals surface area contributed by atoms with E-state index in [2.05, 4.69) is 15.3 Å². The van der Waals surface area contributed by atoms with Crippen molar-refractivity contribution in [1.82, 2.24) is 9.97 Å². The van der Waals surface area contributed by atoms with Crippen LogP contribution in [0, 0.1) is 0 Å². The molecular formula is C15H17ClN4O3S2. The van der Waals surface area contributed by atoms with E-state index < -0.39 is 21.0 Å². The normalized spacial score (nSPS) is 11.6. The molecule has 7 nitrogen and oxygen atoms in total. The van der Waals surface area contributed by atoms with Crippen LogP contribution in [0.4, 0.5) is 11.5 Å². The summed E-state index contributed by atoms with van der Waals surface area (Å²) in [5.41, 5.74) is 5.54. The number of thioether (sulfide) groups is 1. The number of para-hydroxylation sites is 1.